The molecule has 1 aliphatic heterocycles. The summed E-state index contributed by atoms with van der Waals surface area (Å²) in [5.74, 6) is 0.675. The quantitative estimate of drug-likeness (QED) is 0.634. The molecule has 1 aliphatic rings. The van der Waals surface area contributed by atoms with Crippen molar-refractivity contribution in [1.82, 2.24) is 5.32 Å². The molecule has 0 radical (unpaired) electrons. The van der Waals surface area contributed by atoms with E-state index in [1.807, 2.05) is 6.92 Å². The van der Waals surface area contributed by atoms with E-state index < -0.39 is 0 Å². The average molecular weight is 201 g/mol. The lowest BCUT2D eigenvalue weighted by Gasteiger charge is -2.17. The minimum absolute atomic E-state index is 0.190. The van der Waals surface area contributed by atoms with Gasteiger partial charge in [0.15, 0.2) is 0 Å². The molecule has 0 aliphatic carbocycles. The molecule has 14 heavy (non-hydrogen) atoms. The lowest BCUT2D eigenvalue weighted by atomic mass is 10.00. The summed E-state index contributed by atoms with van der Waals surface area (Å²) in [6.45, 7) is 6.87. The summed E-state index contributed by atoms with van der Waals surface area (Å²) in [6.07, 6.45) is 3.39. The van der Waals surface area contributed by atoms with Crippen molar-refractivity contribution in [3.05, 3.63) is 0 Å². The first-order chi connectivity index (χ1) is 6.74. The van der Waals surface area contributed by atoms with Crippen LogP contribution in [0.25, 0.3) is 0 Å². The van der Waals surface area contributed by atoms with E-state index in [4.69, 9.17) is 9.84 Å². The molecule has 1 rings (SSSR count). The zero-order chi connectivity index (χ0) is 10.4. The van der Waals surface area contributed by atoms with Crippen molar-refractivity contribution in [2.45, 2.75) is 45.3 Å². The summed E-state index contributed by atoms with van der Waals surface area (Å²) in [4.78, 5) is 0. The van der Waals surface area contributed by atoms with Gasteiger partial charge in [0.1, 0.15) is 0 Å². The smallest absolute Gasteiger partial charge is 0.0613 e. The Labute approximate surface area is 86.8 Å². The maximum atomic E-state index is 9.08. The molecule has 0 spiro atoms. The molecule has 1 saturated heterocycles. The summed E-state index contributed by atoms with van der Waals surface area (Å²) >= 11 is 0. The zero-order valence-electron chi connectivity index (χ0n) is 9.33. The number of hydrogen-bond acceptors (Lipinski definition) is 3. The molecular formula is C11H23NO2. The summed E-state index contributed by atoms with van der Waals surface area (Å²) in [7, 11) is 0. The standard InChI is InChI=1S/C11H23NO2/c1-3-11-10(5-7-14-11)8-12-6-4-9(2)13/h9-13H,3-8H2,1-2H3. The van der Waals surface area contributed by atoms with E-state index in [9.17, 15) is 0 Å². The van der Waals surface area contributed by atoms with Gasteiger partial charge in [-0.1, -0.05) is 6.92 Å². The van der Waals surface area contributed by atoms with Crippen LogP contribution in [-0.2, 0) is 4.74 Å². The van der Waals surface area contributed by atoms with Crippen molar-refractivity contribution in [2.75, 3.05) is 19.7 Å². The molecule has 0 aromatic heterocycles. The van der Waals surface area contributed by atoms with Crippen LogP contribution in [0.4, 0.5) is 0 Å². The number of aliphatic hydroxyl groups excluding tert-OH is 1. The van der Waals surface area contributed by atoms with Crippen molar-refractivity contribution < 1.29 is 9.84 Å². The van der Waals surface area contributed by atoms with E-state index in [0.717, 1.165) is 32.5 Å². The van der Waals surface area contributed by atoms with E-state index in [2.05, 4.69) is 12.2 Å². The summed E-state index contributed by atoms with van der Waals surface area (Å²) < 4.78 is 5.60. The van der Waals surface area contributed by atoms with Gasteiger partial charge in [0.05, 0.1) is 12.2 Å². The molecule has 0 bridgehead atoms. The normalized spacial score (nSPS) is 29.4. The molecule has 1 heterocycles. The van der Waals surface area contributed by atoms with Gasteiger partial charge in [-0.3, -0.25) is 0 Å². The largest absolute Gasteiger partial charge is 0.393 e. The number of rotatable bonds is 6. The number of nitrogens with one attached hydrogen (secondary N) is 1. The Bertz CT molecular complexity index is 150. The number of ether oxygens (including phenoxy) is 1. The van der Waals surface area contributed by atoms with Gasteiger partial charge in [0.2, 0.25) is 0 Å². The second-order valence-electron chi connectivity index (χ2n) is 4.21. The summed E-state index contributed by atoms with van der Waals surface area (Å²) in [5, 5.41) is 12.5. The Morgan fingerprint density at radius 3 is 3.00 bits per heavy atom. The lowest BCUT2D eigenvalue weighted by molar-refractivity contribution is 0.0870. The Morgan fingerprint density at radius 1 is 1.57 bits per heavy atom. The van der Waals surface area contributed by atoms with Gasteiger partial charge in [-0.2, -0.15) is 0 Å². The maximum absolute atomic E-state index is 9.08. The molecule has 3 atom stereocenters. The van der Waals surface area contributed by atoms with Crippen LogP contribution < -0.4 is 5.32 Å². The summed E-state index contributed by atoms with van der Waals surface area (Å²) in [5.41, 5.74) is 0. The Hall–Kier alpha value is -0.120. The van der Waals surface area contributed by atoms with E-state index in [-0.39, 0.29) is 6.10 Å². The molecule has 0 amide bonds. The molecular weight excluding hydrogens is 178 g/mol. The van der Waals surface area contributed by atoms with Gasteiger partial charge in [0, 0.05) is 13.2 Å². The molecule has 3 heteroatoms. The average Bonchev–Trinajstić information content (AvgIpc) is 2.59. The first kappa shape index (κ1) is 12.0. The van der Waals surface area contributed by atoms with Crippen LogP contribution in [0, 0.1) is 5.92 Å². The monoisotopic (exact) mass is 201 g/mol. The number of aliphatic hydroxyl groups is 1. The fourth-order valence-corrected chi connectivity index (χ4v) is 1.98. The highest BCUT2D eigenvalue weighted by Gasteiger charge is 2.25. The fraction of sp³-hybridized carbons (Fsp3) is 1.00. The lowest BCUT2D eigenvalue weighted by Crippen LogP contribution is -2.29. The van der Waals surface area contributed by atoms with Crippen LogP contribution in [0.3, 0.4) is 0 Å². The molecule has 0 aromatic carbocycles. The van der Waals surface area contributed by atoms with Gasteiger partial charge in [-0.15, -0.1) is 0 Å². The predicted molar refractivity (Wildman–Crippen MR) is 57.3 cm³/mol. The van der Waals surface area contributed by atoms with Crippen molar-refractivity contribution in [3.8, 4) is 0 Å². The second-order valence-corrected chi connectivity index (χ2v) is 4.21. The Kier molecular flexibility index (Phi) is 5.45. The van der Waals surface area contributed by atoms with Crippen molar-refractivity contribution in [2.24, 2.45) is 5.92 Å². The third kappa shape index (κ3) is 3.95. The molecule has 2 N–H and O–H groups in total. The Morgan fingerprint density at radius 2 is 2.36 bits per heavy atom. The van der Waals surface area contributed by atoms with E-state index in [1.54, 1.807) is 0 Å². The molecule has 0 saturated carbocycles. The highest BCUT2D eigenvalue weighted by Crippen LogP contribution is 2.22. The molecule has 1 fully saturated rings. The third-order valence-electron chi connectivity index (χ3n) is 2.89. The van der Waals surface area contributed by atoms with Gasteiger partial charge < -0.3 is 15.2 Å². The van der Waals surface area contributed by atoms with Crippen LogP contribution in [0.2, 0.25) is 0 Å². The predicted octanol–water partition coefficient (Wildman–Crippen LogP) is 1.16. The van der Waals surface area contributed by atoms with E-state index in [0.29, 0.717) is 12.0 Å². The van der Waals surface area contributed by atoms with Gasteiger partial charge in [0.25, 0.3) is 0 Å². The van der Waals surface area contributed by atoms with Crippen LogP contribution in [0.1, 0.15) is 33.1 Å². The molecule has 84 valence electrons. The van der Waals surface area contributed by atoms with Gasteiger partial charge in [-0.05, 0) is 38.6 Å². The van der Waals surface area contributed by atoms with E-state index >= 15 is 0 Å². The van der Waals surface area contributed by atoms with Crippen LogP contribution >= 0.6 is 0 Å². The third-order valence-corrected chi connectivity index (χ3v) is 2.89. The van der Waals surface area contributed by atoms with Crippen LogP contribution in [-0.4, -0.2) is 37.0 Å². The van der Waals surface area contributed by atoms with Crippen molar-refractivity contribution in [3.63, 3.8) is 0 Å². The molecule has 0 aromatic rings. The fourth-order valence-electron chi connectivity index (χ4n) is 1.98. The zero-order valence-corrected chi connectivity index (χ0v) is 9.33. The van der Waals surface area contributed by atoms with Crippen LogP contribution in [0.5, 0.6) is 0 Å². The highest BCUT2D eigenvalue weighted by molar-refractivity contribution is 4.76. The summed E-state index contributed by atoms with van der Waals surface area (Å²) in [6, 6.07) is 0. The number of hydrogen-bond donors (Lipinski definition) is 2. The molecule has 3 nitrogen and oxygen atoms in total. The maximum Gasteiger partial charge on any atom is 0.0613 e. The second kappa shape index (κ2) is 6.38. The Balaban J connectivity index is 2.05. The first-order valence-electron chi connectivity index (χ1n) is 5.74. The highest BCUT2D eigenvalue weighted by atomic mass is 16.5. The first-order valence-corrected chi connectivity index (χ1v) is 5.74. The minimum Gasteiger partial charge on any atom is -0.393 e. The van der Waals surface area contributed by atoms with Gasteiger partial charge in [-0.25, -0.2) is 0 Å². The van der Waals surface area contributed by atoms with Crippen molar-refractivity contribution >= 4 is 0 Å². The van der Waals surface area contributed by atoms with E-state index in [1.165, 1.54) is 6.42 Å². The SMILES string of the molecule is CCC1OCCC1CNCCC(C)O. The van der Waals surface area contributed by atoms with Crippen molar-refractivity contribution in [1.29, 1.82) is 0 Å². The topological polar surface area (TPSA) is 41.5 Å². The van der Waals surface area contributed by atoms with Gasteiger partial charge >= 0.3 is 0 Å². The molecule has 3 unspecified atom stereocenters. The minimum atomic E-state index is -0.190. The van der Waals surface area contributed by atoms with Crippen LogP contribution in [0.15, 0.2) is 0 Å².